The van der Waals surface area contributed by atoms with E-state index in [9.17, 15) is 14.4 Å². The topological polar surface area (TPSA) is 95.6 Å². The summed E-state index contributed by atoms with van der Waals surface area (Å²) >= 11 is 0. The molecule has 0 fully saturated rings. The van der Waals surface area contributed by atoms with Gasteiger partial charge in [0.1, 0.15) is 12.4 Å². The second-order valence-corrected chi connectivity index (χ2v) is 6.59. The number of aromatic nitrogens is 2. The zero-order chi connectivity index (χ0) is 20.8. The van der Waals surface area contributed by atoms with Crippen LogP contribution >= 0.6 is 0 Å². The summed E-state index contributed by atoms with van der Waals surface area (Å²) in [5.41, 5.74) is 1.22. The van der Waals surface area contributed by atoms with Crippen molar-refractivity contribution in [1.29, 1.82) is 0 Å². The van der Waals surface area contributed by atoms with Crippen LogP contribution in [0.15, 0.2) is 59.4 Å². The third kappa shape index (κ3) is 4.98. The fourth-order valence-corrected chi connectivity index (χ4v) is 2.95. The first-order valence-electron chi connectivity index (χ1n) is 9.06. The van der Waals surface area contributed by atoms with Gasteiger partial charge in [-0.1, -0.05) is 42.5 Å². The van der Waals surface area contributed by atoms with Gasteiger partial charge in [-0.2, -0.15) is 0 Å². The number of aromatic amines is 1. The average Bonchev–Trinajstić information content (AvgIpc) is 2.73. The molecule has 8 heteroatoms. The van der Waals surface area contributed by atoms with Crippen molar-refractivity contribution in [2.45, 2.75) is 13.1 Å². The molecule has 8 nitrogen and oxygen atoms in total. The summed E-state index contributed by atoms with van der Waals surface area (Å²) in [6.45, 7) is 0.255. The van der Waals surface area contributed by atoms with Gasteiger partial charge in [0, 0.05) is 13.6 Å². The van der Waals surface area contributed by atoms with Crippen molar-refractivity contribution in [3.63, 3.8) is 0 Å². The molecule has 0 unspecified atom stereocenters. The molecule has 3 aromatic rings. The number of ether oxygens (including phenoxy) is 1. The molecule has 3 rings (SSSR count). The number of methoxy groups -OCH3 is 1. The molecule has 0 aliphatic carbocycles. The lowest BCUT2D eigenvalue weighted by Crippen LogP contribution is -2.41. The third-order valence-corrected chi connectivity index (χ3v) is 4.43. The molecule has 2 amide bonds. The van der Waals surface area contributed by atoms with Crippen molar-refractivity contribution in [3.05, 3.63) is 76.3 Å². The van der Waals surface area contributed by atoms with Gasteiger partial charge in [-0.3, -0.25) is 9.59 Å². The highest BCUT2D eigenvalue weighted by Crippen LogP contribution is 2.11. The van der Waals surface area contributed by atoms with Crippen LogP contribution in [-0.2, 0) is 22.6 Å². The van der Waals surface area contributed by atoms with Crippen LogP contribution in [0.25, 0.3) is 10.9 Å². The quantitative estimate of drug-likeness (QED) is 0.691. The maximum atomic E-state index is 12.9. The van der Waals surface area contributed by atoms with Crippen LogP contribution in [-0.4, -0.2) is 52.5 Å². The minimum absolute atomic E-state index is 0.100. The highest BCUT2D eigenvalue weighted by molar-refractivity contribution is 5.82. The summed E-state index contributed by atoms with van der Waals surface area (Å²) in [7, 11) is 2.75. The lowest BCUT2D eigenvalue weighted by Gasteiger charge is -2.25. The molecule has 2 aromatic carbocycles. The number of benzene rings is 2. The molecule has 0 saturated carbocycles. The molecule has 0 aliphatic rings. The Hall–Kier alpha value is -3.68. The van der Waals surface area contributed by atoms with Crippen LogP contribution in [0.4, 0.5) is 4.79 Å². The Bertz CT molecular complexity index is 1060. The highest BCUT2D eigenvalue weighted by atomic mass is 16.5. The van der Waals surface area contributed by atoms with Gasteiger partial charge in [-0.25, -0.2) is 9.78 Å². The number of fused-ring (bicyclic) bond motifs is 1. The van der Waals surface area contributed by atoms with Gasteiger partial charge >= 0.3 is 6.09 Å². The third-order valence-electron chi connectivity index (χ3n) is 4.43. The fourth-order valence-electron chi connectivity index (χ4n) is 2.95. The Balaban J connectivity index is 1.87. The van der Waals surface area contributed by atoms with E-state index in [1.54, 1.807) is 29.2 Å². The first-order valence-corrected chi connectivity index (χ1v) is 9.06. The average molecular weight is 394 g/mol. The predicted octanol–water partition coefficient (Wildman–Crippen LogP) is 2.15. The molecular weight excluding hydrogens is 372 g/mol. The number of rotatable bonds is 6. The molecule has 0 aliphatic heterocycles. The summed E-state index contributed by atoms with van der Waals surface area (Å²) in [6.07, 6.45) is -0.602. The first kappa shape index (κ1) is 20.1. The van der Waals surface area contributed by atoms with Gasteiger partial charge in [0.15, 0.2) is 0 Å². The number of amides is 2. The van der Waals surface area contributed by atoms with E-state index >= 15 is 0 Å². The molecule has 150 valence electrons. The number of hydrogen-bond donors (Lipinski definition) is 1. The summed E-state index contributed by atoms with van der Waals surface area (Å²) in [6, 6.07) is 16.5. The molecule has 0 bridgehead atoms. The molecule has 0 atom stereocenters. The van der Waals surface area contributed by atoms with Crippen molar-refractivity contribution in [3.8, 4) is 0 Å². The lowest BCUT2D eigenvalue weighted by molar-refractivity contribution is -0.133. The Morgan fingerprint density at radius 1 is 1.03 bits per heavy atom. The fraction of sp³-hybridized carbons (Fsp3) is 0.238. The van der Waals surface area contributed by atoms with E-state index in [1.165, 1.54) is 19.1 Å². The summed E-state index contributed by atoms with van der Waals surface area (Å²) < 4.78 is 4.65. The van der Waals surface area contributed by atoms with E-state index in [0.29, 0.717) is 23.3 Å². The predicted molar refractivity (Wildman–Crippen MR) is 108 cm³/mol. The smallest absolute Gasteiger partial charge is 0.409 e. The normalized spacial score (nSPS) is 10.6. The number of H-pyrrole nitrogens is 1. The van der Waals surface area contributed by atoms with Crippen molar-refractivity contribution >= 4 is 22.9 Å². The van der Waals surface area contributed by atoms with E-state index in [2.05, 4.69) is 14.7 Å². The van der Waals surface area contributed by atoms with Gasteiger partial charge in [-0.05, 0) is 17.7 Å². The van der Waals surface area contributed by atoms with Gasteiger partial charge in [0.2, 0.25) is 5.91 Å². The minimum atomic E-state index is -0.602. The van der Waals surface area contributed by atoms with Crippen LogP contribution < -0.4 is 5.56 Å². The lowest BCUT2D eigenvalue weighted by atomic mass is 10.2. The zero-order valence-corrected chi connectivity index (χ0v) is 16.3. The van der Waals surface area contributed by atoms with E-state index in [1.807, 2.05) is 30.3 Å². The van der Waals surface area contributed by atoms with E-state index in [4.69, 9.17) is 0 Å². The van der Waals surface area contributed by atoms with Crippen LogP contribution in [0.5, 0.6) is 0 Å². The van der Waals surface area contributed by atoms with Gasteiger partial charge < -0.3 is 19.5 Å². The van der Waals surface area contributed by atoms with Crippen LogP contribution in [0.1, 0.15) is 11.4 Å². The molecule has 1 aromatic heterocycles. The molecule has 0 saturated heterocycles. The molecule has 1 heterocycles. The van der Waals surface area contributed by atoms with E-state index in [0.717, 1.165) is 5.56 Å². The second-order valence-electron chi connectivity index (χ2n) is 6.59. The number of hydrogen-bond acceptors (Lipinski definition) is 5. The van der Waals surface area contributed by atoms with Crippen LogP contribution in [0.3, 0.4) is 0 Å². The number of nitrogens with zero attached hydrogens (tertiary/aromatic N) is 3. The van der Waals surface area contributed by atoms with Gasteiger partial charge in [0.25, 0.3) is 5.56 Å². The molecular formula is C21H22N4O4. The molecule has 1 N–H and O–H groups in total. The van der Waals surface area contributed by atoms with Crippen molar-refractivity contribution in [1.82, 2.24) is 19.8 Å². The van der Waals surface area contributed by atoms with E-state index in [-0.39, 0.29) is 24.6 Å². The van der Waals surface area contributed by atoms with Crippen molar-refractivity contribution in [2.75, 3.05) is 20.7 Å². The zero-order valence-electron chi connectivity index (χ0n) is 16.3. The number of carbonyl (C=O) groups is 2. The number of para-hydroxylation sites is 1. The number of nitrogens with one attached hydrogen (secondary N) is 1. The Labute approximate surface area is 167 Å². The van der Waals surface area contributed by atoms with Gasteiger partial charge in [0.05, 0.1) is 24.6 Å². The molecule has 0 spiro atoms. The summed E-state index contributed by atoms with van der Waals surface area (Å²) in [5, 5.41) is 0.489. The Kier molecular flexibility index (Phi) is 6.23. The summed E-state index contributed by atoms with van der Waals surface area (Å²) in [5.74, 6) is 0.0799. The maximum absolute atomic E-state index is 12.9. The largest absolute Gasteiger partial charge is 0.453 e. The van der Waals surface area contributed by atoms with Crippen LogP contribution in [0, 0.1) is 0 Å². The van der Waals surface area contributed by atoms with Crippen molar-refractivity contribution < 1.29 is 14.3 Å². The number of likely N-dealkylation sites (N-methyl/N-ethyl adjacent to an activating group) is 1. The van der Waals surface area contributed by atoms with Crippen LogP contribution in [0.2, 0.25) is 0 Å². The monoisotopic (exact) mass is 394 g/mol. The number of carbonyl (C=O) groups excluding carboxylic acids is 2. The van der Waals surface area contributed by atoms with Crippen molar-refractivity contribution in [2.24, 2.45) is 0 Å². The van der Waals surface area contributed by atoms with E-state index < -0.39 is 6.09 Å². The minimum Gasteiger partial charge on any atom is -0.453 e. The summed E-state index contributed by atoms with van der Waals surface area (Å²) in [4.78, 5) is 46.8. The Morgan fingerprint density at radius 2 is 1.72 bits per heavy atom. The maximum Gasteiger partial charge on any atom is 0.409 e. The van der Waals surface area contributed by atoms with Gasteiger partial charge in [-0.15, -0.1) is 0 Å². The Morgan fingerprint density at radius 3 is 2.45 bits per heavy atom. The molecule has 0 radical (unpaired) electrons. The first-order chi connectivity index (χ1) is 14.0. The highest BCUT2D eigenvalue weighted by Gasteiger charge is 2.20. The second kappa shape index (κ2) is 9.01. The standard InChI is InChI=1S/C21H22N4O4/c1-24(21(28)29-2)14-19(26)25(12-15-8-4-3-5-9-15)13-18-22-17-11-7-6-10-16(17)20(27)23-18/h3-11H,12-14H2,1-2H3,(H,22,23,27). The molecule has 29 heavy (non-hydrogen) atoms. The SMILES string of the molecule is COC(=O)N(C)CC(=O)N(Cc1ccccc1)Cc1nc2ccccc2c(=O)[nH]1.